The molecule has 2 aromatic rings. The van der Waals surface area contributed by atoms with Gasteiger partial charge in [-0.25, -0.2) is 8.42 Å². The van der Waals surface area contributed by atoms with Crippen molar-refractivity contribution in [3.8, 4) is 5.75 Å². The van der Waals surface area contributed by atoms with Gasteiger partial charge in [0.15, 0.2) is 0 Å². The second-order valence-electron chi connectivity index (χ2n) is 8.96. The van der Waals surface area contributed by atoms with E-state index in [-0.39, 0.29) is 25.0 Å². The summed E-state index contributed by atoms with van der Waals surface area (Å²) in [6.45, 7) is 0.973. The Hall–Kier alpha value is -2.10. The van der Waals surface area contributed by atoms with Crippen LogP contribution in [0.5, 0.6) is 5.75 Å². The Labute approximate surface area is 176 Å². The minimum atomic E-state index is -3.55. The Morgan fingerprint density at radius 1 is 1.27 bits per heavy atom. The van der Waals surface area contributed by atoms with Gasteiger partial charge in [-0.15, -0.1) is 0 Å². The van der Waals surface area contributed by atoms with Gasteiger partial charge < -0.3 is 19.3 Å². The van der Waals surface area contributed by atoms with Gasteiger partial charge in [-0.3, -0.25) is 4.79 Å². The van der Waals surface area contributed by atoms with E-state index in [1.165, 1.54) is 10.6 Å². The molecule has 1 saturated carbocycles. The lowest BCUT2D eigenvalue weighted by atomic mass is 9.69. The first kappa shape index (κ1) is 19.8. The first-order chi connectivity index (χ1) is 14.2. The molecule has 1 atom stereocenters. The molecule has 1 aromatic carbocycles. The largest absolute Gasteiger partial charge is 0.497 e. The molecule has 2 fully saturated rings. The normalized spacial score (nSPS) is 23.5. The van der Waals surface area contributed by atoms with E-state index in [1.54, 1.807) is 7.11 Å². The summed E-state index contributed by atoms with van der Waals surface area (Å²) in [5.41, 5.74) is 2.32. The first-order valence-electron chi connectivity index (χ1n) is 10.2. The Morgan fingerprint density at radius 3 is 2.53 bits per heavy atom. The van der Waals surface area contributed by atoms with Crippen molar-refractivity contribution >= 4 is 26.8 Å². The monoisotopic (exact) mass is 433 g/mol. The zero-order chi connectivity index (χ0) is 21.4. The average Bonchev–Trinajstić information content (AvgIpc) is 3.49. The van der Waals surface area contributed by atoms with Crippen LogP contribution in [0, 0.1) is 5.92 Å². The van der Waals surface area contributed by atoms with Gasteiger partial charge in [-0.05, 0) is 30.5 Å². The van der Waals surface area contributed by atoms with E-state index >= 15 is 0 Å². The number of hydrogen-bond donors (Lipinski definition) is 1. The van der Waals surface area contributed by atoms with Crippen LogP contribution in [0.4, 0.5) is 0 Å². The fourth-order valence-corrected chi connectivity index (χ4v) is 6.46. The van der Waals surface area contributed by atoms with Crippen LogP contribution >= 0.6 is 0 Å². The van der Waals surface area contributed by atoms with Crippen LogP contribution in [0.25, 0.3) is 10.9 Å². The summed E-state index contributed by atoms with van der Waals surface area (Å²) < 4.78 is 34.1. The maximum Gasteiger partial charge on any atom is 0.225 e. The number of hydrogen-bond acceptors (Lipinski definition) is 5. The molecule has 1 aromatic heterocycles. The Morgan fingerprint density at radius 2 is 1.97 bits per heavy atom. The van der Waals surface area contributed by atoms with E-state index in [1.807, 2.05) is 34.7 Å². The van der Waals surface area contributed by atoms with Gasteiger partial charge in [0, 0.05) is 55.2 Å². The third kappa shape index (κ3) is 2.72. The van der Waals surface area contributed by atoms with Crippen molar-refractivity contribution in [1.82, 2.24) is 13.8 Å². The zero-order valence-electron chi connectivity index (χ0n) is 17.5. The number of carbonyl (C=O) groups excluding carboxylic acids is 1. The highest BCUT2D eigenvalue weighted by Crippen LogP contribution is 2.51. The molecule has 1 N–H and O–H groups in total. The number of aryl methyl sites for hydroxylation is 1. The lowest BCUT2D eigenvalue weighted by Gasteiger charge is -2.55. The molecule has 9 heteroatoms. The molecule has 1 aliphatic carbocycles. The number of rotatable bonds is 4. The highest BCUT2D eigenvalue weighted by Gasteiger charge is 2.57. The lowest BCUT2D eigenvalue weighted by Crippen LogP contribution is -2.68. The van der Waals surface area contributed by atoms with Crippen LogP contribution in [0.1, 0.15) is 30.1 Å². The second kappa shape index (κ2) is 6.45. The molecule has 1 amide bonds. The first-order valence-corrected chi connectivity index (χ1v) is 12.1. The highest BCUT2D eigenvalue weighted by atomic mass is 32.2. The summed E-state index contributed by atoms with van der Waals surface area (Å²) in [5.74, 6) is 1.03. The van der Waals surface area contributed by atoms with E-state index < -0.39 is 21.5 Å². The molecule has 1 saturated heterocycles. The Bertz CT molecular complexity index is 1150. The van der Waals surface area contributed by atoms with Gasteiger partial charge >= 0.3 is 0 Å². The molecule has 0 radical (unpaired) electrons. The molecule has 0 unspecified atom stereocenters. The number of aliphatic hydroxyl groups excluding tert-OH is 1. The third-order valence-corrected chi connectivity index (χ3v) is 8.16. The summed E-state index contributed by atoms with van der Waals surface area (Å²) in [4.78, 5) is 14.5. The average molecular weight is 434 g/mol. The Balaban J connectivity index is 1.69. The van der Waals surface area contributed by atoms with E-state index in [0.29, 0.717) is 18.8 Å². The van der Waals surface area contributed by atoms with Gasteiger partial charge in [0.25, 0.3) is 0 Å². The van der Waals surface area contributed by atoms with E-state index in [0.717, 1.165) is 35.0 Å². The molecule has 5 rings (SSSR count). The van der Waals surface area contributed by atoms with Crippen LogP contribution in [0.3, 0.4) is 0 Å². The predicted molar refractivity (Wildman–Crippen MR) is 112 cm³/mol. The van der Waals surface area contributed by atoms with Crippen molar-refractivity contribution in [3.63, 3.8) is 0 Å². The summed E-state index contributed by atoms with van der Waals surface area (Å²) in [6.07, 6.45) is 3.08. The van der Waals surface area contributed by atoms with Crippen LogP contribution in [0.15, 0.2) is 18.2 Å². The summed E-state index contributed by atoms with van der Waals surface area (Å²) in [5, 5.41) is 11.2. The number of carbonyl (C=O) groups is 1. The van der Waals surface area contributed by atoms with Crippen LogP contribution in [-0.2, 0) is 27.3 Å². The van der Waals surface area contributed by atoms with Crippen molar-refractivity contribution in [3.05, 3.63) is 29.5 Å². The summed E-state index contributed by atoms with van der Waals surface area (Å²) in [7, 11) is -0.0448. The van der Waals surface area contributed by atoms with Gasteiger partial charge in [-0.2, -0.15) is 4.31 Å². The fourth-order valence-electron chi connectivity index (χ4n) is 5.35. The van der Waals surface area contributed by atoms with E-state index in [9.17, 15) is 18.3 Å². The fraction of sp³-hybridized carbons (Fsp3) is 0.571. The van der Waals surface area contributed by atoms with Gasteiger partial charge in [0.1, 0.15) is 5.75 Å². The number of methoxy groups -OCH3 is 1. The molecule has 8 nitrogen and oxygen atoms in total. The van der Waals surface area contributed by atoms with E-state index in [2.05, 4.69) is 0 Å². The molecular weight excluding hydrogens is 406 g/mol. The number of likely N-dealkylation sites (tertiary alicyclic amines) is 1. The third-order valence-electron chi connectivity index (χ3n) is 6.93. The van der Waals surface area contributed by atoms with Crippen molar-refractivity contribution in [2.75, 3.05) is 39.6 Å². The summed E-state index contributed by atoms with van der Waals surface area (Å²) >= 11 is 0. The summed E-state index contributed by atoms with van der Waals surface area (Å²) in [6, 6.07) is 5.19. The molecule has 2 aliphatic heterocycles. The topological polar surface area (TPSA) is 92.1 Å². The number of aliphatic hydroxyl groups is 1. The number of sulfonamides is 1. The number of fused-ring (bicyclic) bond motifs is 4. The number of benzene rings is 1. The minimum Gasteiger partial charge on any atom is -0.497 e. The van der Waals surface area contributed by atoms with Crippen LogP contribution in [-0.4, -0.2) is 72.8 Å². The highest BCUT2D eigenvalue weighted by molar-refractivity contribution is 7.88. The van der Waals surface area contributed by atoms with Gasteiger partial charge in [-0.1, -0.05) is 0 Å². The van der Waals surface area contributed by atoms with Crippen LogP contribution in [0.2, 0.25) is 0 Å². The maximum absolute atomic E-state index is 12.7. The number of nitrogens with zero attached hydrogens (tertiary/aromatic N) is 3. The second-order valence-corrected chi connectivity index (χ2v) is 10.9. The smallest absolute Gasteiger partial charge is 0.225 e. The lowest BCUT2D eigenvalue weighted by molar-refractivity contribution is -0.141. The quantitative estimate of drug-likeness (QED) is 0.776. The van der Waals surface area contributed by atoms with Crippen molar-refractivity contribution in [2.24, 2.45) is 13.0 Å². The van der Waals surface area contributed by atoms with Crippen molar-refractivity contribution in [1.29, 1.82) is 0 Å². The molecule has 3 aliphatic rings. The zero-order valence-corrected chi connectivity index (χ0v) is 18.3. The molecule has 30 heavy (non-hydrogen) atoms. The molecule has 162 valence electrons. The maximum atomic E-state index is 12.7. The van der Waals surface area contributed by atoms with Gasteiger partial charge in [0.2, 0.25) is 15.9 Å². The van der Waals surface area contributed by atoms with Crippen molar-refractivity contribution in [2.45, 2.75) is 24.3 Å². The SMILES string of the molecule is COc1ccc2c3c(n(C)c2c1)[C@H](CO)N(S(C)(=O)=O)CC31CN(C(=O)C2CC2)C1. The molecule has 3 heterocycles. The standard InChI is InChI=1S/C21H27N3O5S/c1-22-16-8-14(29-2)6-7-15(16)18-19(22)17(9-25)24(30(3,27)28)12-21(18)10-23(11-21)20(26)13-4-5-13/h6-8,13,17,25H,4-5,9-12H2,1-3H3/t17-/m0/s1. The van der Waals surface area contributed by atoms with E-state index in [4.69, 9.17) is 4.74 Å². The number of aromatic nitrogens is 1. The molecule has 0 bridgehead atoms. The molecular formula is C21H27N3O5S. The Kier molecular flexibility index (Phi) is 4.26. The molecule has 1 spiro atoms. The number of ether oxygens (including phenoxy) is 1. The minimum absolute atomic E-state index is 0.137. The van der Waals surface area contributed by atoms with Crippen LogP contribution < -0.4 is 4.74 Å². The predicted octanol–water partition coefficient (Wildman–Crippen LogP) is 0.985. The van der Waals surface area contributed by atoms with Gasteiger partial charge in [0.05, 0.1) is 31.5 Å². The number of amides is 1. The van der Waals surface area contributed by atoms with Crippen molar-refractivity contribution < 1.29 is 23.1 Å².